The Morgan fingerprint density at radius 3 is 1.17 bits per heavy atom. The maximum Gasteiger partial charge on any atom is 0.255 e. The van der Waals surface area contributed by atoms with Crippen LogP contribution in [0.15, 0.2) is 82.8 Å². The van der Waals surface area contributed by atoms with Crippen molar-refractivity contribution in [2.75, 3.05) is 77.3 Å². The zero-order valence-electron chi connectivity index (χ0n) is 24.0. The van der Waals surface area contributed by atoms with E-state index >= 15 is 0 Å². The second kappa shape index (κ2) is 13.9. The number of ether oxygens (including phenoxy) is 2. The average molecular weight is 569 g/mol. The van der Waals surface area contributed by atoms with Gasteiger partial charge >= 0.3 is 0 Å². The third kappa shape index (κ3) is 7.02. The molecule has 0 bridgehead atoms. The lowest BCUT2D eigenvalue weighted by molar-refractivity contribution is 0.0682. The third-order valence-electron chi connectivity index (χ3n) is 7.26. The predicted molar refractivity (Wildman–Crippen MR) is 165 cm³/mol. The Morgan fingerprint density at radius 2 is 0.857 bits per heavy atom. The van der Waals surface area contributed by atoms with Crippen LogP contribution in [0.4, 0.5) is 11.4 Å². The molecule has 10 heteroatoms. The number of hydrogen-bond donors (Lipinski definition) is 2. The lowest BCUT2D eigenvalue weighted by Crippen LogP contribution is -2.41. The van der Waals surface area contributed by atoms with Crippen molar-refractivity contribution in [1.29, 1.82) is 0 Å². The summed E-state index contributed by atoms with van der Waals surface area (Å²) >= 11 is 0. The van der Waals surface area contributed by atoms with Crippen molar-refractivity contribution in [1.82, 2.24) is 9.80 Å². The van der Waals surface area contributed by atoms with Gasteiger partial charge in [0.25, 0.3) is 11.8 Å². The van der Waals surface area contributed by atoms with E-state index in [0.717, 1.165) is 49.0 Å². The summed E-state index contributed by atoms with van der Waals surface area (Å²) in [5.74, 6) is 1.31. The zero-order valence-corrected chi connectivity index (χ0v) is 24.0. The quantitative estimate of drug-likeness (QED) is 0.348. The molecule has 2 saturated heterocycles. The first-order valence-corrected chi connectivity index (χ1v) is 14.1. The SMILES string of the molecule is CN=C(c1ccc(NC(=O)c2ccc(C(=O)Nc3ccc(C(=NC)N4CCOCC4)cc3)cc2)cc1)N1CCOCC1. The molecule has 2 amide bonds. The van der Waals surface area contributed by atoms with Gasteiger partial charge in [-0.25, -0.2) is 0 Å². The summed E-state index contributed by atoms with van der Waals surface area (Å²) < 4.78 is 10.9. The third-order valence-corrected chi connectivity index (χ3v) is 7.26. The number of benzene rings is 3. The average Bonchev–Trinajstić information content (AvgIpc) is 3.04. The van der Waals surface area contributed by atoms with Gasteiger partial charge in [-0.05, 0) is 72.8 Å². The molecular formula is C32H36N6O4. The number of morpholine rings is 2. The number of anilines is 2. The van der Waals surface area contributed by atoms with E-state index in [9.17, 15) is 9.59 Å². The summed E-state index contributed by atoms with van der Waals surface area (Å²) in [4.78, 5) is 39.0. The van der Waals surface area contributed by atoms with Crippen LogP contribution < -0.4 is 10.6 Å². The highest BCUT2D eigenvalue weighted by Gasteiger charge is 2.18. The van der Waals surface area contributed by atoms with E-state index in [1.165, 1.54) is 0 Å². The van der Waals surface area contributed by atoms with E-state index in [1.54, 1.807) is 38.4 Å². The van der Waals surface area contributed by atoms with Crippen molar-refractivity contribution in [3.05, 3.63) is 95.1 Å². The molecule has 0 aromatic heterocycles. The van der Waals surface area contributed by atoms with Crippen molar-refractivity contribution in [3.8, 4) is 0 Å². The number of hydrogen-bond acceptors (Lipinski definition) is 6. The molecular weight excluding hydrogens is 532 g/mol. The minimum atomic E-state index is -0.253. The normalized spacial score (nSPS) is 16.2. The summed E-state index contributed by atoms with van der Waals surface area (Å²) in [7, 11) is 3.57. The molecule has 10 nitrogen and oxygen atoms in total. The Kier molecular flexibility index (Phi) is 9.58. The summed E-state index contributed by atoms with van der Waals surface area (Å²) in [5.41, 5.74) is 4.24. The molecule has 42 heavy (non-hydrogen) atoms. The van der Waals surface area contributed by atoms with Crippen LogP contribution in [0.25, 0.3) is 0 Å². The van der Waals surface area contributed by atoms with Crippen LogP contribution in [0.3, 0.4) is 0 Å². The summed E-state index contributed by atoms with van der Waals surface area (Å²) in [6.07, 6.45) is 0. The second-order valence-electron chi connectivity index (χ2n) is 9.93. The molecule has 2 heterocycles. The Bertz CT molecular complexity index is 1310. The first-order valence-electron chi connectivity index (χ1n) is 14.1. The monoisotopic (exact) mass is 568 g/mol. The Balaban J connectivity index is 1.16. The zero-order chi connectivity index (χ0) is 29.3. The van der Waals surface area contributed by atoms with Gasteiger partial charge in [-0.15, -0.1) is 0 Å². The molecule has 0 radical (unpaired) electrons. The van der Waals surface area contributed by atoms with Crippen LogP contribution in [-0.4, -0.2) is 100.0 Å². The molecule has 3 aromatic carbocycles. The second-order valence-corrected chi connectivity index (χ2v) is 9.93. The lowest BCUT2D eigenvalue weighted by Gasteiger charge is -2.29. The lowest BCUT2D eigenvalue weighted by atomic mass is 10.1. The van der Waals surface area contributed by atoms with Crippen LogP contribution in [0, 0.1) is 0 Å². The van der Waals surface area contributed by atoms with Gasteiger partial charge in [0.1, 0.15) is 11.7 Å². The maximum absolute atomic E-state index is 12.9. The number of nitrogens with zero attached hydrogens (tertiary/aromatic N) is 4. The van der Waals surface area contributed by atoms with Crippen molar-refractivity contribution < 1.29 is 19.1 Å². The smallest absolute Gasteiger partial charge is 0.255 e. The number of nitrogens with one attached hydrogen (secondary N) is 2. The maximum atomic E-state index is 12.9. The minimum Gasteiger partial charge on any atom is -0.378 e. The standard InChI is InChI=1S/C32H36N6O4/c1-33-29(37-15-19-41-20-16-37)23-7-11-27(12-8-23)35-31(39)25-3-5-26(6-4-25)32(40)36-28-13-9-24(10-14-28)30(34-2)38-17-21-42-22-18-38/h3-14H,15-22H2,1-2H3,(H,35,39)(H,36,40). The van der Waals surface area contributed by atoms with E-state index in [-0.39, 0.29) is 11.8 Å². The summed E-state index contributed by atoms with van der Waals surface area (Å²) in [6, 6.07) is 21.8. The van der Waals surface area contributed by atoms with Gasteiger partial charge in [0.15, 0.2) is 0 Å². The van der Waals surface area contributed by atoms with Crippen LogP contribution in [0.1, 0.15) is 31.8 Å². The predicted octanol–water partition coefficient (Wildman–Crippen LogP) is 3.61. The molecule has 2 aliphatic rings. The molecule has 0 atom stereocenters. The molecule has 0 aliphatic carbocycles. The molecule has 0 saturated carbocycles. The van der Waals surface area contributed by atoms with E-state index < -0.39 is 0 Å². The summed E-state index contributed by atoms with van der Waals surface area (Å²) in [5, 5.41) is 5.84. The van der Waals surface area contributed by atoms with Crippen molar-refractivity contribution in [3.63, 3.8) is 0 Å². The van der Waals surface area contributed by atoms with Gasteiger partial charge in [-0.3, -0.25) is 19.6 Å². The molecule has 3 aromatic rings. The Morgan fingerprint density at radius 1 is 0.548 bits per heavy atom. The molecule has 0 spiro atoms. The van der Waals surface area contributed by atoms with Gasteiger partial charge in [0.2, 0.25) is 0 Å². The van der Waals surface area contributed by atoms with Crippen molar-refractivity contribution >= 4 is 34.9 Å². The molecule has 2 fully saturated rings. The number of carbonyl (C=O) groups is 2. The first-order chi connectivity index (χ1) is 20.6. The van der Waals surface area contributed by atoms with Gasteiger partial charge < -0.3 is 29.9 Å². The number of carbonyl (C=O) groups excluding carboxylic acids is 2. The Hall–Kier alpha value is -4.54. The minimum absolute atomic E-state index is 0.253. The van der Waals surface area contributed by atoms with Crippen LogP contribution in [0.2, 0.25) is 0 Å². The van der Waals surface area contributed by atoms with Crippen molar-refractivity contribution in [2.45, 2.75) is 0 Å². The Labute approximate surface area is 246 Å². The van der Waals surface area contributed by atoms with E-state index in [1.807, 2.05) is 48.5 Å². The molecule has 5 rings (SSSR count). The number of amides is 2. The van der Waals surface area contributed by atoms with Crippen LogP contribution >= 0.6 is 0 Å². The van der Waals surface area contributed by atoms with Gasteiger partial charge in [0.05, 0.1) is 26.4 Å². The van der Waals surface area contributed by atoms with Gasteiger partial charge in [-0.2, -0.15) is 0 Å². The fraction of sp³-hybridized carbons (Fsp3) is 0.312. The fourth-order valence-electron chi connectivity index (χ4n) is 5.04. The number of amidine groups is 2. The first kappa shape index (κ1) is 29.0. The molecule has 2 N–H and O–H groups in total. The molecule has 218 valence electrons. The highest BCUT2D eigenvalue weighted by atomic mass is 16.5. The fourth-order valence-corrected chi connectivity index (χ4v) is 5.04. The van der Waals surface area contributed by atoms with E-state index in [2.05, 4.69) is 30.4 Å². The van der Waals surface area contributed by atoms with E-state index in [4.69, 9.17) is 9.47 Å². The molecule has 0 unspecified atom stereocenters. The van der Waals surface area contributed by atoms with Crippen LogP contribution in [0.5, 0.6) is 0 Å². The van der Waals surface area contributed by atoms with Crippen LogP contribution in [-0.2, 0) is 9.47 Å². The highest BCUT2D eigenvalue weighted by Crippen LogP contribution is 2.17. The van der Waals surface area contributed by atoms with Crippen molar-refractivity contribution in [2.24, 2.45) is 9.98 Å². The highest BCUT2D eigenvalue weighted by molar-refractivity contribution is 6.07. The number of aliphatic imine (C=N–C) groups is 2. The summed E-state index contributed by atoms with van der Waals surface area (Å²) in [6.45, 7) is 5.95. The number of rotatable bonds is 6. The van der Waals surface area contributed by atoms with E-state index in [0.29, 0.717) is 48.9 Å². The topological polar surface area (TPSA) is 108 Å². The van der Waals surface area contributed by atoms with Gasteiger partial charge in [-0.1, -0.05) is 0 Å². The van der Waals surface area contributed by atoms with Gasteiger partial charge in [0, 0.05) is 73.9 Å². The largest absolute Gasteiger partial charge is 0.378 e. The molecule has 2 aliphatic heterocycles.